The first-order valence-corrected chi connectivity index (χ1v) is 3.27. The Bertz CT molecular complexity index is 21.5. The molecule has 0 aromatic rings. The molecule has 0 rings (SSSR count). The van der Waals surface area contributed by atoms with Crippen molar-refractivity contribution in [3.8, 4) is 0 Å². The van der Waals surface area contributed by atoms with Crippen molar-refractivity contribution in [2.45, 2.75) is 4.89 Å². The molecule has 6 heavy (non-hydrogen) atoms. The Labute approximate surface area is 55.0 Å². The van der Waals surface area contributed by atoms with Crippen molar-refractivity contribution in [1.82, 2.24) is 0 Å². The van der Waals surface area contributed by atoms with Gasteiger partial charge in [0, 0.05) is 6.38 Å². The van der Waals surface area contributed by atoms with Crippen LogP contribution in [0.5, 0.6) is 0 Å². The van der Waals surface area contributed by atoms with E-state index >= 15 is 0 Å². The molecule has 0 saturated carbocycles. The quantitative estimate of drug-likeness (QED) is 0.343. The van der Waals surface area contributed by atoms with Gasteiger partial charge in [-0.2, -0.15) is 0 Å². The van der Waals surface area contributed by atoms with Crippen molar-refractivity contribution >= 4 is 11.6 Å². The normalized spacial score (nSPS) is 5.33. The van der Waals surface area contributed by atoms with E-state index in [4.69, 9.17) is 0 Å². The Morgan fingerprint density at radius 2 is 2.00 bits per heavy atom. The SMILES string of the molecule is C=C[CH2][Pd].CCl. The van der Waals surface area contributed by atoms with Crippen LogP contribution in [0.15, 0.2) is 12.7 Å². The van der Waals surface area contributed by atoms with Crippen LogP contribution in [0, 0.1) is 0 Å². The summed E-state index contributed by atoms with van der Waals surface area (Å²) in [6.45, 7) is 3.44. The molecule has 0 atom stereocenters. The van der Waals surface area contributed by atoms with Gasteiger partial charge < -0.3 is 0 Å². The minimum absolute atomic E-state index is 0.933. The minimum atomic E-state index is 0.933. The smallest absolute Gasteiger partial charge is 0.0108 e. The number of rotatable bonds is 1. The van der Waals surface area contributed by atoms with Gasteiger partial charge in [-0.05, 0) is 0 Å². The maximum absolute atomic E-state index is 4.64. The number of alkyl halides is 1. The molecule has 0 heterocycles. The molecule has 0 saturated heterocycles. The summed E-state index contributed by atoms with van der Waals surface area (Å²) >= 11 is 7.56. The van der Waals surface area contributed by atoms with Crippen LogP contribution in [-0.2, 0) is 19.2 Å². The van der Waals surface area contributed by atoms with Crippen molar-refractivity contribution in [2.24, 2.45) is 0 Å². The summed E-state index contributed by atoms with van der Waals surface area (Å²) in [5.74, 6) is 0. The van der Waals surface area contributed by atoms with Crippen molar-refractivity contribution in [3.05, 3.63) is 12.7 Å². The third-order valence-electron chi connectivity index (χ3n) is 0.0913. The zero-order chi connectivity index (χ0) is 5.41. The van der Waals surface area contributed by atoms with E-state index in [1.165, 1.54) is 6.38 Å². The Kier molecular flexibility index (Phi) is 28.4. The molecule has 0 aliphatic heterocycles. The second kappa shape index (κ2) is 17.3. The van der Waals surface area contributed by atoms with Gasteiger partial charge in [-0.15, -0.1) is 11.6 Å². The minimum Gasteiger partial charge on any atom is -0.130 e. The van der Waals surface area contributed by atoms with Crippen LogP contribution >= 0.6 is 11.6 Å². The van der Waals surface area contributed by atoms with Crippen molar-refractivity contribution in [2.75, 3.05) is 6.38 Å². The number of allylic oxidation sites excluding steroid dienone is 1. The van der Waals surface area contributed by atoms with Crippen LogP contribution in [0.1, 0.15) is 0 Å². The average molecular weight is 198 g/mol. The molecule has 0 aromatic carbocycles. The molecule has 41 valence electrons. The fraction of sp³-hybridized carbons (Fsp3) is 0.500. The molecule has 0 N–H and O–H groups in total. The molecule has 0 aliphatic rings. The number of hydrogen-bond acceptors (Lipinski definition) is 0. The number of halogens is 1. The van der Waals surface area contributed by atoms with Gasteiger partial charge in [0.05, 0.1) is 0 Å². The largest absolute Gasteiger partial charge is 0.130 e. The number of hydrogen-bond donors (Lipinski definition) is 0. The average Bonchev–Trinajstić information content (AvgIpc) is 1.72. The molecule has 2 heteroatoms. The van der Waals surface area contributed by atoms with E-state index in [2.05, 4.69) is 37.4 Å². The van der Waals surface area contributed by atoms with Gasteiger partial charge in [-0.25, -0.2) is 0 Å². The summed E-state index contributed by atoms with van der Waals surface area (Å²) in [6.07, 6.45) is 3.28. The van der Waals surface area contributed by atoms with E-state index in [9.17, 15) is 0 Å². The summed E-state index contributed by atoms with van der Waals surface area (Å²) in [4.78, 5) is 0.933. The Balaban J connectivity index is 0. The van der Waals surface area contributed by atoms with Gasteiger partial charge in [-0.1, -0.05) is 0 Å². The molecule has 0 aliphatic carbocycles. The maximum Gasteiger partial charge on any atom is 0.0108 e. The van der Waals surface area contributed by atoms with E-state index in [-0.39, 0.29) is 0 Å². The monoisotopic (exact) mass is 197 g/mol. The van der Waals surface area contributed by atoms with Crippen molar-refractivity contribution < 1.29 is 19.2 Å². The van der Waals surface area contributed by atoms with Gasteiger partial charge in [0.2, 0.25) is 0 Å². The molecule has 0 nitrogen and oxygen atoms in total. The standard InChI is InChI=1S/C3H5.CH3Cl.Pd/c1-3-2;1-2;/h3H,1-2H2;1H3;. The van der Waals surface area contributed by atoms with Crippen LogP contribution in [-0.4, -0.2) is 6.38 Å². The first-order valence-electron chi connectivity index (χ1n) is 1.42. The van der Waals surface area contributed by atoms with Gasteiger partial charge in [0.25, 0.3) is 0 Å². The summed E-state index contributed by atoms with van der Waals surface area (Å²) in [5.41, 5.74) is 0. The van der Waals surface area contributed by atoms with Crippen LogP contribution in [0.25, 0.3) is 0 Å². The van der Waals surface area contributed by atoms with E-state index in [0.29, 0.717) is 0 Å². The van der Waals surface area contributed by atoms with E-state index in [1.807, 2.05) is 6.08 Å². The summed E-state index contributed by atoms with van der Waals surface area (Å²) < 4.78 is 0. The zero-order valence-corrected chi connectivity index (χ0v) is 6.00. The molecule has 0 fully saturated rings. The molecular weight excluding hydrogens is 190 g/mol. The fourth-order valence-corrected chi connectivity index (χ4v) is 0. The molecule has 0 bridgehead atoms. The van der Waals surface area contributed by atoms with Crippen LogP contribution in [0.2, 0.25) is 4.89 Å². The fourth-order valence-electron chi connectivity index (χ4n) is 0. The van der Waals surface area contributed by atoms with Gasteiger partial charge in [0.1, 0.15) is 0 Å². The Hall–Kier alpha value is 0.692. The molecule has 0 aromatic heterocycles. The molecule has 0 spiro atoms. The predicted molar refractivity (Wildman–Crippen MR) is 26.8 cm³/mol. The van der Waals surface area contributed by atoms with Crippen molar-refractivity contribution in [1.29, 1.82) is 0 Å². The van der Waals surface area contributed by atoms with E-state index < -0.39 is 0 Å². The summed E-state index contributed by atoms with van der Waals surface area (Å²) in [5, 5.41) is 0. The van der Waals surface area contributed by atoms with Crippen LogP contribution < -0.4 is 0 Å². The Morgan fingerprint density at radius 1 is 1.83 bits per heavy atom. The molecule has 0 amide bonds. The van der Waals surface area contributed by atoms with Crippen LogP contribution in [0.4, 0.5) is 0 Å². The maximum atomic E-state index is 4.64. The first-order chi connectivity index (χ1) is 2.91. The predicted octanol–water partition coefficient (Wildman–Crippen LogP) is 1.99. The van der Waals surface area contributed by atoms with E-state index in [1.54, 1.807) is 0 Å². The second-order valence-corrected chi connectivity index (χ2v) is 1.05. The second-order valence-electron chi connectivity index (χ2n) is 0.418. The topological polar surface area (TPSA) is 0 Å². The first kappa shape index (κ1) is 9.85. The Morgan fingerprint density at radius 3 is 2.00 bits per heavy atom. The summed E-state index contributed by atoms with van der Waals surface area (Å²) in [7, 11) is 0. The third kappa shape index (κ3) is 22.3. The zero-order valence-electron chi connectivity index (χ0n) is 3.69. The van der Waals surface area contributed by atoms with Crippen molar-refractivity contribution in [3.63, 3.8) is 0 Å². The van der Waals surface area contributed by atoms with Gasteiger partial charge >= 0.3 is 36.8 Å². The van der Waals surface area contributed by atoms with E-state index in [0.717, 1.165) is 4.89 Å². The summed E-state index contributed by atoms with van der Waals surface area (Å²) in [6, 6.07) is 0. The van der Waals surface area contributed by atoms with Gasteiger partial charge in [0.15, 0.2) is 0 Å². The van der Waals surface area contributed by atoms with Crippen LogP contribution in [0.3, 0.4) is 0 Å². The molecule has 0 radical (unpaired) electrons. The third-order valence-corrected chi connectivity index (χ3v) is 0.540. The molecular formula is C4H8ClPd. The van der Waals surface area contributed by atoms with Gasteiger partial charge in [-0.3, -0.25) is 0 Å². The molecule has 0 unspecified atom stereocenters.